The Labute approximate surface area is 157 Å². The highest BCUT2D eigenvalue weighted by molar-refractivity contribution is 7.80. The number of furan rings is 1. The Bertz CT molecular complexity index is 785. The van der Waals surface area contributed by atoms with Crippen molar-refractivity contribution in [3.05, 3.63) is 28.9 Å². The largest absolute Gasteiger partial charge is 0.622 e. The van der Waals surface area contributed by atoms with Crippen molar-refractivity contribution in [2.75, 3.05) is 0 Å². The van der Waals surface area contributed by atoms with Gasteiger partial charge in [0.05, 0.1) is 0 Å². The molecule has 1 aliphatic heterocycles. The molecule has 0 radical (unpaired) electrons. The zero-order valence-electron chi connectivity index (χ0n) is 15.3. The number of hydrogen-bond donors (Lipinski definition) is 3. The van der Waals surface area contributed by atoms with E-state index in [0.29, 0.717) is 35.8 Å². The number of nitrogens with zero attached hydrogens (tertiary/aromatic N) is 3. The maximum absolute atomic E-state index is 13.6. The Kier molecular flexibility index (Phi) is 4.80. The first kappa shape index (κ1) is 18.8. The lowest BCUT2D eigenvalue weighted by Gasteiger charge is -2.35. The minimum absolute atomic E-state index is 0.0157. The van der Waals surface area contributed by atoms with Crippen molar-refractivity contribution in [1.29, 1.82) is 0 Å². The van der Waals surface area contributed by atoms with Crippen LogP contribution in [0.1, 0.15) is 57.5 Å². The van der Waals surface area contributed by atoms with Crippen LogP contribution in [0.15, 0.2) is 21.7 Å². The van der Waals surface area contributed by atoms with E-state index in [0.717, 1.165) is 29.1 Å². The van der Waals surface area contributed by atoms with Gasteiger partial charge >= 0.3 is 0 Å². The van der Waals surface area contributed by atoms with E-state index in [4.69, 9.17) is 22.4 Å². The maximum Gasteiger partial charge on any atom is 0.292 e. The van der Waals surface area contributed by atoms with E-state index in [1.54, 1.807) is 26.0 Å². The number of hydrogen-bond acceptors (Lipinski definition) is 6. The standard InChI is InChI=1S/C17H25N5O3S/c1-11-8-9-12(25-11)14-16(2,3)22(24)17(21(14)23)10-6-4-5-7-13(17)19-20-15(18)26/h8-9,24H,4-7,10H2,1-3H3,(H3,18,20,26)/b19-13-. The summed E-state index contributed by atoms with van der Waals surface area (Å²) < 4.78 is 6.57. The number of hydroxylamine groups is 3. The molecule has 1 aromatic heterocycles. The van der Waals surface area contributed by atoms with Crippen molar-refractivity contribution in [1.82, 2.24) is 10.5 Å². The van der Waals surface area contributed by atoms with Gasteiger partial charge in [0.25, 0.3) is 11.4 Å². The third-order valence-corrected chi connectivity index (χ3v) is 5.27. The Hall–Kier alpha value is -1.97. The molecule has 9 heteroatoms. The molecule has 0 aromatic carbocycles. The van der Waals surface area contributed by atoms with E-state index < -0.39 is 11.2 Å². The molecule has 1 fully saturated rings. The predicted molar refractivity (Wildman–Crippen MR) is 102 cm³/mol. The molecule has 4 N–H and O–H groups in total. The molecule has 3 rings (SSSR count). The molecule has 1 spiro atoms. The molecule has 1 atom stereocenters. The van der Waals surface area contributed by atoms with Gasteiger partial charge in [0, 0.05) is 6.42 Å². The van der Waals surface area contributed by atoms with Gasteiger partial charge in [-0.05, 0) is 64.4 Å². The fourth-order valence-corrected chi connectivity index (χ4v) is 3.99. The first-order chi connectivity index (χ1) is 12.2. The number of thiocarbonyl (C=S) groups is 1. The van der Waals surface area contributed by atoms with Crippen LogP contribution in [-0.2, 0) is 0 Å². The summed E-state index contributed by atoms with van der Waals surface area (Å²) in [6.07, 6.45) is 3.62. The smallest absolute Gasteiger partial charge is 0.292 e. The predicted octanol–water partition coefficient (Wildman–Crippen LogP) is 2.22. The van der Waals surface area contributed by atoms with Gasteiger partial charge in [0.15, 0.2) is 10.9 Å². The lowest BCUT2D eigenvalue weighted by atomic mass is 9.94. The van der Waals surface area contributed by atoms with Crippen molar-refractivity contribution in [2.45, 2.75) is 64.1 Å². The van der Waals surface area contributed by atoms with Gasteiger partial charge in [0.1, 0.15) is 17.0 Å². The minimum atomic E-state index is -1.31. The topological polar surface area (TPSA) is 113 Å². The molecular formula is C17H25N5O3S. The Balaban J connectivity index is 2.20. The SMILES string of the molecule is Cc1ccc(C2=[N+]([O-])C3(CCCCC/C3=N/NC(N)=S)N(O)C2(C)C)o1. The molecule has 2 heterocycles. The first-order valence-corrected chi connectivity index (χ1v) is 9.15. The molecule has 1 saturated carbocycles. The van der Waals surface area contributed by atoms with Gasteiger partial charge in [-0.15, -0.1) is 5.06 Å². The lowest BCUT2D eigenvalue weighted by Crippen LogP contribution is -2.59. The molecule has 1 aliphatic carbocycles. The highest BCUT2D eigenvalue weighted by Gasteiger charge is 2.65. The van der Waals surface area contributed by atoms with Crippen LogP contribution in [0.3, 0.4) is 0 Å². The average molecular weight is 379 g/mol. The summed E-state index contributed by atoms with van der Waals surface area (Å²) in [7, 11) is 0. The van der Waals surface area contributed by atoms with Crippen LogP contribution in [0.4, 0.5) is 0 Å². The van der Waals surface area contributed by atoms with Crippen molar-refractivity contribution < 1.29 is 14.4 Å². The highest BCUT2D eigenvalue weighted by atomic mass is 32.1. The van der Waals surface area contributed by atoms with E-state index in [-0.39, 0.29) is 5.11 Å². The van der Waals surface area contributed by atoms with Crippen LogP contribution in [0.2, 0.25) is 0 Å². The van der Waals surface area contributed by atoms with Crippen molar-refractivity contribution in [2.24, 2.45) is 10.8 Å². The molecule has 0 amide bonds. The second-order valence-electron chi connectivity index (χ2n) is 7.34. The van der Waals surface area contributed by atoms with Crippen molar-refractivity contribution in [3.8, 4) is 0 Å². The third kappa shape index (κ3) is 2.80. The fourth-order valence-electron chi connectivity index (χ4n) is 3.95. The number of nitrogens with one attached hydrogen (secondary N) is 1. The van der Waals surface area contributed by atoms with Gasteiger partial charge in [-0.25, -0.2) is 0 Å². The van der Waals surface area contributed by atoms with Crippen molar-refractivity contribution >= 4 is 28.8 Å². The van der Waals surface area contributed by atoms with Crippen molar-refractivity contribution in [3.63, 3.8) is 0 Å². The molecule has 1 unspecified atom stereocenters. The monoisotopic (exact) mass is 379 g/mol. The minimum Gasteiger partial charge on any atom is -0.622 e. The molecule has 0 saturated heterocycles. The third-order valence-electron chi connectivity index (χ3n) is 5.17. The van der Waals surface area contributed by atoms with Gasteiger partial charge in [-0.3, -0.25) is 5.43 Å². The summed E-state index contributed by atoms with van der Waals surface area (Å²) in [6.45, 7) is 5.41. The molecular weight excluding hydrogens is 354 g/mol. The van der Waals surface area contributed by atoms with E-state index in [9.17, 15) is 10.4 Å². The summed E-state index contributed by atoms with van der Waals surface area (Å²) in [5, 5.41) is 30.2. The van der Waals surface area contributed by atoms with E-state index in [1.165, 1.54) is 0 Å². The molecule has 2 aliphatic rings. The summed E-state index contributed by atoms with van der Waals surface area (Å²) in [5.41, 5.74) is 6.71. The number of rotatable bonds is 2. The number of aryl methyl sites for hydroxylation is 1. The van der Waals surface area contributed by atoms with E-state index in [1.807, 2.05) is 6.92 Å². The van der Waals surface area contributed by atoms with Crippen LogP contribution in [0.25, 0.3) is 0 Å². The van der Waals surface area contributed by atoms with Crippen LogP contribution < -0.4 is 11.2 Å². The van der Waals surface area contributed by atoms with Crippen LogP contribution in [0.5, 0.6) is 0 Å². The van der Waals surface area contributed by atoms with Gasteiger partial charge in [-0.2, -0.15) is 9.84 Å². The van der Waals surface area contributed by atoms with Crippen LogP contribution in [0, 0.1) is 12.1 Å². The number of hydrazone groups is 1. The van der Waals surface area contributed by atoms with Crippen LogP contribution >= 0.6 is 12.2 Å². The second-order valence-corrected chi connectivity index (χ2v) is 7.78. The zero-order chi connectivity index (χ0) is 19.1. The Morgan fingerprint density at radius 3 is 2.77 bits per heavy atom. The summed E-state index contributed by atoms with van der Waals surface area (Å²) in [6, 6.07) is 3.56. The normalized spacial score (nSPS) is 27.9. The van der Waals surface area contributed by atoms with E-state index >= 15 is 0 Å². The molecule has 0 bridgehead atoms. The molecule has 26 heavy (non-hydrogen) atoms. The lowest BCUT2D eigenvalue weighted by molar-refractivity contribution is -0.567. The quantitative estimate of drug-likeness (QED) is 0.312. The van der Waals surface area contributed by atoms with Gasteiger partial charge < -0.3 is 20.6 Å². The average Bonchev–Trinajstić information content (AvgIpc) is 2.94. The zero-order valence-corrected chi connectivity index (χ0v) is 16.1. The molecule has 1 aromatic rings. The number of nitrogens with two attached hydrogens (primary N) is 1. The summed E-state index contributed by atoms with van der Waals surface area (Å²) >= 11 is 4.84. The Morgan fingerprint density at radius 2 is 2.15 bits per heavy atom. The fraction of sp³-hybridized carbons (Fsp3) is 0.588. The van der Waals surface area contributed by atoms with Gasteiger partial charge in [-0.1, -0.05) is 6.42 Å². The van der Waals surface area contributed by atoms with Gasteiger partial charge in [0.2, 0.25) is 0 Å². The van der Waals surface area contributed by atoms with E-state index in [2.05, 4.69) is 10.5 Å². The highest BCUT2D eigenvalue weighted by Crippen LogP contribution is 2.42. The Morgan fingerprint density at radius 1 is 1.42 bits per heavy atom. The molecule has 8 nitrogen and oxygen atoms in total. The maximum atomic E-state index is 13.6. The molecule has 142 valence electrons. The first-order valence-electron chi connectivity index (χ1n) is 8.74. The summed E-state index contributed by atoms with van der Waals surface area (Å²) in [5.74, 6) is 1.15. The second kappa shape index (κ2) is 6.64. The van der Waals surface area contributed by atoms with Crippen LogP contribution in [-0.4, -0.2) is 42.7 Å². The summed E-state index contributed by atoms with van der Waals surface area (Å²) in [4.78, 5) is 0.